The smallest absolute Gasteiger partial charge is 0.272 e. The summed E-state index contributed by atoms with van der Waals surface area (Å²) in [5.74, 6) is 0. The molecule has 0 saturated heterocycles. The van der Waals surface area contributed by atoms with Crippen molar-refractivity contribution in [1.82, 2.24) is 0 Å². The van der Waals surface area contributed by atoms with Crippen molar-refractivity contribution < 1.29 is 4.79 Å². The molecule has 2 aromatic carbocycles. The zero-order chi connectivity index (χ0) is 11.4. The molecule has 1 amide bonds. The first-order valence-corrected chi connectivity index (χ1v) is 5.68. The molecule has 0 spiro atoms. The van der Waals surface area contributed by atoms with Crippen molar-refractivity contribution in [2.75, 3.05) is 4.90 Å². The molecule has 0 aliphatic heterocycles. The van der Waals surface area contributed by atoms with Gasteiger partial charge in [-0.25, -0.2) is 0 Å². The normalized spacial score (nSPS) is 9.81. The van der Waals surface area contributed by atoms with Gasteiger partial charge in [-0.15, -0.1) is 0 Å². The van der Waals surface area contributed by atoms with Crippen LogP contribution in [0.2, 0.25) is 0 Å². The number of amides is 1. The van der Waals surface area contributed by atoms with Gasteiger partial charge in [-0.1, -0.05) is 36.4 Å². The number of nitrogens with zero attached hydrogens (tertiary/aromatic N) is 1. The number of rotatable bonds is 2. The number of carbonyl (C=O) groups excluding carboxylic acids is 1. The molecule has 0 bridgehead atoms. The molecule has 2 aromatic rings. The SMILES string of the molecule is O=C(Br)N(c1ccccc1)c1ccccc1. The number of hydrogen-bond donors (Lipinski definition) is 0. The quantitative estimate of drug-likeness (QED) is 0.590. The van der Waals surface area contributed by atoms with Crippen molar-refractivity contribution in [3.63, 3.8) is 0 Å². The molecule has 0 heterocycles. The van der Waals surface area contributed by atoms with Gasteiger partial charge in [-0.3, -0.25) is 9.69 Å². The Hall–Kier alpha value is -1.61. The van der Waals surface area contributed by atoms with Gasteiger partial charge in [-0.2, -0.15) is 0 Å². The van der Waals surface area contributed by atoms with E-state index in [1.165, 1.54) is 0 Å². The lowest BCUT2D eigenvalue weighted by Crippen LogP contribution is -2.18. The summed E-state index contributed by atoms with van der Waals surface area (Å²) in [6, 6.07) is 19.0. The van der Waals surface area contributed by atoms with Gasteiger partial charge in [0.15, 0.2) is 0 Å². The average Bonchev–Trinajstić information content (AvgIpc) is 2.31. The Balaban J connectivity index is 2.44. The molecule has 0 unspecified atom stereocenters. The molecule has 16 heavy (non-hydrogen) atoms. The first-order valence-electron chi connectivity index (χ1n) is 4.89. The highest BCUT2D eigenvalue weighted by atomic mass is 79.9. The number of carbonyl (C=O) groups is 1. The van der Waals surface area contributed by atoms with Crippen molar-refractivity contribution in [1.29, 1.82) is 0 Å². The Morgan fingerprint density at radius 2 is 1.19 bits per heavy atom. The molecular formula is C13H10BrNO. The summed E-state index contributed by atoms with van der Waals surface area (Å²) in [7, 11) is 0. The lowest BCUT2D eigenvalue weighted by molar-refractivity contribution is 0.268. The highest BCUT2D eigenvalue weighted by Gasteiger charge is 2.13. The predicted molar refractivity (Wildman–Crippen MR) is 69.3 cm³/mol. The second kappa shape index (κ2) is 4.94. The molecule has 2 rings (SSSR count). The van der Waals surface area contributed by atoms with Crippen molar-refractivity contribution >= 4 is 32.1 Å². The van der Waals surface area contributed by atoms with Crippen LogP contribution in [-0.2, 0) is 0 Å². The van der Waals surface area contributed by atoms with E-state index in [0.717, 1.165) is 11.4 Å². The summed E-state index contributed by atoms with van der Waals surface area (Å²) in [5, 5.41) is 0. The molecule has 0 aliphatic rings. The maximum absolute atomic E-state index is 11.6. The average molecular weight is 276 g/mol. The fraction of sp³-hybridized carbons (Fsp3) is 0. The molecule has 0 aliphatic carbocycles. The number of para-hydroxylation sites is 2. The van der Waals surface area contributed by atoms with Crippen LogP contribution in [0.15, 0.2) is 60.7 Å². The zero-order valence-electron chi connectivity index (χ0n) is 8.51. The van der Waals surface area contributed by atoms with Gasteiger partial charge >= 0.3 is 0 Å². The van der Waals surface area contributed by atoms with E-state index in [1.54, 1.807) is 4.90 Å². The third kappa shape index (κ3) is 2.31. The van der Waals surface area contributed by atoms with Gasteiger partial charge in [0.25, 0.3) is 4.82 Å². The van der Waals surface area contributed by atoms with Gasteiger partial charge in [0.2, 0.25) is 0 Å². The number of halogens is 1. The van der Waals surface area contributed by atoms with E-state index in [-0.39, 0.29) is 4.82 Å². The molecule has 0 saturated carbocycles. The van der Waals surface area contributed by atoms with Gasteiger partial charge in [0.05, 0.1) is 0 Å². The van der Waals surface area contributed by atoms with Gasteiger partial charge < -0.3 is 0 Å². The minimum atomic E-state index is -0.176. The van der Waals surface area contributed by atoms with Crippen LogP contribution in [0.1, 0.15) is 0 Å². The largest absolute Gasteiger partial charge is 0.298 e. The molecule has 0 atom stereocenters. The first kappa shape index (κ1) is 10.9. The van der Waals surface area contributed by atoms with E-state index >= 15 is 0 Å². The second-order valence-electron chi connectivity index (χ2n) is 3.26. The van der Waals surface area contributed by atoms with Crippen LogP contribution < -0.4 is 4.90 Å². The van der Waals surface area contributed by atoms with Gasteiger partial charge in [0.1, 0.15) is 0 Å². The second-order valence-corrected chi connectivity index (χ2v) is 3.94. The zero-order valence-corrected chi connectivity index (χ0v) is 10.1. The molecule has 0 aromatic heterocycles. The Morgan fingerprint density at radius 3 is 1.50 bits per heavy atom. The fourth-order valence-corrected chi connectivity index (χ4v) is 1.92. The molecule has 2 nitrogen and oxygen atoms in total. The van der Waals surface area contributed by atoms with E-state index < -0.39 is 0 Å². The summed E-state index contributed by atoms with van der Waals surface area (Å²) < 4.78 is 0. The van der Waals surface area contributed by atoms with Crippen LogP contribution in [0, 0.1) is 0 Å². The van der Waals surface area contributed by atoms with Crippen LogP contribution in [0.3, 0.4) is 0 Å². The van der Waals surface area contributed by atoms with Crippen molar-refractivity contribution in [3.8, 4) is 0 Å². The van der Waals surface area contributed by atoms with E-state index in [2.05, 4.69) is 15.9 Å². The highest BCUT2D eigenvalue weighted by Crippen LogP contribution is 2.26. The van der Waals surface area contributed by atoms with Crippen molar-refractivity contribution in [3.05, 3.63) is 60.7 Å². The molecular weight excluding hydrogens is 266 g/mol. The van der Waals surface area contributed by atoms with Crippen molar-refractivity contribution in [2.24, 2.45) is 0 Å². The summed E-state index contributed by atoms with van der Waals surface area (Å²) in [6.45, 7) is 0. The topological polar surface area (TPSA) is 20.3 Å². The maximum atomic E-state index is 11.6. The predicted octanol–water partition coefficient (Wildman–Crippen LogP) is 4.34. The monoisotopic (exact) mass is 275 g/mol. The van der Waals surface area contributed by atoms with Crippen LogP contribution in [0.4, 0.5) is 16.2 Å². The maximum Gasteiger partial charge on any atom is 0.298 e. The third-order valence-electron chi connectivity index (χ3n) is 2.20. The summed E-state index contributed by atoms with van der Waals surface area (Å²) in [5.41, 5.74) is 1.69. The molecule has 0 radical (unpaired) electrons. The lowest BCUT2D eigenvalue weighted by atomic mass is 10.2. The van der Waals surface area contributed by atoms with E-state index in [0.29, 0.717) is 0 Å². The Morgan fingerprint density at radius 1 is 0.812 bits per heavy atom. The molecule has 80 valence electrons. The van der Waals surface area contributed by atoms with Crippen LogP contribution >= 0.6 is 15.9 Å². The minimum Gasteiger partial charge on any atom is -0.272 e. The molecule has 3 heteroatoms. The number of hydrogen-bond acceptors (Lipinski definition) is 1. The molecule has 0 fully saturated rings. The van der Waals surface area contributed by atoms with Crippen molar-refractivity contribution in [2.45, 2.75) is 0 Å². The van der Waals surface area contributed by atoms with E-state index in [4.69, 9.17) is 0 Å². The lowest BCUT2D eigenvalue weighted by Gasteiger charge is -2.19. The standard InChI is InChI=1S/C13H10BrNO/c14-13(16)15(11-7-3-1-4-8-11)12-9-5-2-6-10-12/h1-10H. The van der Waals surface area contributed by atoms with Gasteiger partial charge in [-0.05, 0) is 24.3 Å². The van der Waals surface area contributed by atoms with E-state index in [1.807, 2.05) is 60.7 Å². The van der Waals surface area contributed by atoms with Crippen LogP contribution in [0.5, 0.6) is 0 Å². The minimum absolute atomic E-state index is 0.176. The van der Waals surface area contributed by atoms with E-state index in [9.17, 15) is 4.79 Å². The summed E-state index contributed by atoms with van der Waals surface area (Å²) in [6.07, 6.45) is 0. The van der Waals surface area contributed by atoms with Crippen LogP contribution in [-0.4, -0.2) is 4.82 Å². The Bertz CT molecular complexity index is 430. The summed E-state index contributed by atoms with van der Waals surface area (Å²) in [4.78, 5) is 13.0. The Labute approximate surface area is 103 Å². The fourth-order valence-electron chi connectivity index (χ4n) is 1.51. The molecule has 0 N–H and O–H groups in total. The number of anilines is 2. The van der Waals surface area contributed by atoms with Gasteiger partial charge in [0, 0.05) is 27.3 Å². The first-order chi connectivity index (χ1) is 7.79. The summed E-state index contributed by atoms with van der Waals surface area (Å²) >= 11 is 3.00. The highest BCUT2D eigenvalue weighted by molar-refractivity contribution is 9.18. The number of benzene rings is 2. The Kier molecular flexibility index (Phi) is 3.37. The van der Waals surface area contributed by atoms with Crippen LogP contribution in [0.25, 0.3) is 0 Å². The third-order valence-corrected chi connectivity index (χ3v) is 2.56.